The maximum atomic E-state index is 13.2. The van der Waals surface area contributed by atoms with E-state index in [1.165, 1.54) is 225 Å². The van der Waals surface area contributed by atoms with Crippen LogP contribution >= 0.6 is 0 Å². The average Bonchev–Trinajstić information content (AvgIpc) is 3.54. The topological polar surface area (TPSA) is 228 Å². The van der Waals surface area contributed by atoms with Gasteiger partial charge in [-0.15, -0.1) is 0 Å². The van der Waals surface area contributed by atoms with Crippen LogP contribution in [0.15, 0.2) is 24.3 Å². The van der Waals surface area contributed by atoms with Crippen LogP contribution in [0.2, 0.25) is 0 Å². The number of ether oxygens (including phenoxy) is 4. The maximum absolute atomic E-state index is 13.2. The molecule has 466 valence electrons. The summed E-state index contributed by atoms with van der Waals surface area (Å²) in [6.45, 7) is 2.80. The highest BCUT2D eigenvalue weighted by atomic mass is 16.7. The van der Waals surface area contributed by atoms with Crippen molar-refractivity contribution in [3.05, 3.63) is 24.3 Å². The van der Waals surface area contributed by atoms with E-state index in [9.17, 15) is 45.6 Å². The Morgan fingerprint density at radius 3 is 1.24 bits per heavy atom. The first-order valence-electron chi connectivity index (χ1n) is 33.1. The number of amides is 1. The predicted octanol–water partition coefficient (Wildman–Crippen LogP) is 12.4. The maximum Gasteiger partial charge on any atom is 0.220 e. The molecule has 1 amide bonds. The van der Waals surface area contributed by atoms with Crippen molar-refractivity contribution in [2.75, 3.05) is 19.8 Å². The number of aliphatic hydroxyl groups is 8. The van der Waals surface area contributed by atoms with Crippen molar-refractivity contribution >= 4 is 5.91 Å². The lowest BCUT2D eigenvalue weighted by Gasteiger charge is -2.46. The molecule has 2 fully saturated rings. The molecule has 2 aliphatic rings. The van der Waals surface area contributed by atoms with Crippen LogP contribution in [0.3, 0.4) is 0 Å². The monoisotopic (exact) mass is 1130 g/mol. The quantitative estimate of drug-likeness (QED) is 0.0204. The van der Waals surface area contributed by atoms with Gasteiger partial charge in [0.2, 0.25) is 5.91 Å². The van der Waals surface area contributed by atoms with Gasteiger partial charge in [-0.1, -0.05) is 276 Å². The fourth-order valence-electron chi connectivity index (χ4n) is 11.1. The molecule has 0 aromatic rings. The van der Waals surface area contributed by atoms with Crippen LogP contribution in [0.1, 0.15) is 290 Å². The van der Waals surface area contributed by atoms with Crippen LogP contribution in [0.4, 0.5) is 0 Å². The lowest BCUT2D eigenvalue weighted by molar-refractivity contribution is -0.359. The highest BCUT2D eigenvalue weighted by Crippen LogP contribution is 2.30. The van der Waals surface area contributed by atoms with Gasteiger partial charge in [-0.2, -0.15) is 0 Å². The molecule has 14 nitrogen and oxygen atoms in total. The normalized spacial score (nSPS) is 24.5. The van der Waals surface area contributed by atoms with E-state index < -0.39 is 86.8 Å². The molecule has 0 bridgehead atoms. The SMILES string of the molecule is CCCCCCCCCCCCCCCCCCCCCCCCCCCCC/C=C/CC/C=C/C(O)C(COC1OC(CO)C(OC2OC(CO)C(O)C(O)C2O)C(O)C1O)NC(=O)CCCCCCCCCCCCCC. The molecule has 79 heavy (non-hydrogen) atoms. The van der Waals surface area contributed by atoms with Crippen LogP contribution in [0, 0.1) is 0 Å². The fraction of sp³-hybridized carbons (Fsp3) is 0.923. The zero-order valence-electron chi connectivity index (χ0n) is 50.4. The number of hydrogen-bond acceptors (Lipinski definition) is 13. The molecule has 12 atom stereocenters. The van der Waals surface area contributed by atoms with Crippen LogP contribution in [0.25, 0.3) is 0 Å². The molecule has 0 spiro atoms. The van der Waals surface area contributed by atoms with Gasteiger partial charge < -0.3 is 65.1 Å². The van der Waals surface area contributed by atoms with E-state index in [0.717, 1.165) is 32.1 Å². The molecule has 0 saturated carbocycles. The summed E-state index contributed by atoms with van der Waals surface area (Å²) in [5.74, 6) is -0.247. The summed E-state index contributed by atoms with van der Waals surface area (Å²) in [7, 11) is 0. The molecule has 2 aliphatic heterocycles. The number of carbonyl (C=O) groups excluding carboxylic acids is 1. The highest BCUT2D eigenvalue weighted by molar-refractivity contribution is 5.76. The standard InChI is InChI=1S/C65H123NO13/c1-3-5-7-9-11-13-15-17-18-19-20-21-22-23-24-25-26-27-28-29-30-31-32-33-34-35-36-37-38-40-42-44-46-48-54(69)53(66-57(70)49-47-45-43-41-39-16-14-12-10-8-6-4-2)52-76-64-62(75)60(73)63(56(51-68)78-64)79-65-61(74)59(72)58(71)55(50-67)77-65/h38,40,46,48,53-56,58-65,67-69,71-75H,3-37,39,41-45,47,49-52H2,1-2H3,(H,66,70)/b40-38+,48-46+. The zero-order valence-corrected chi connectivity index (χ0v) is 50.4. The molecule has 2 rings (SSSR count). The Kier molecular flexibility index (Phi) is 47.4. The second kappa shape index (κ2) is 50.9. The van der Waals surface area contributed by atoms with Crippen molar-refractivity contribution < 1.29 is 64.6 Å². The zero-order chi connectivity index (χ0) is 57.4. The van der Waals surface area contributed by atoms with E-state index in [2.05, 4.69) is 31.3 Å². The molecule has 2 heterocycles. The second-order valence-corrected chi connectivity index (χ2v) is 23.6. The van der Waals surface area contributed by atoms with Gasteiger partial charge in [-0.25, -0.2) is 0 Å². The van der Waals surface area contributed by atoms with E-state index >= 15 is 0 Å². The third-order valence-electron chi connectivity index (χ3n) is 16.4. The minimum atomic E-state index is -1.79. The Bertz CT molecular complexity index is 1420. The predicted molar refractivity (Wildman–Crippen MR) is 318 cm³/mol. The summed E-state index contributed by atoms with van der Waals surface area (Å²) >= 11 is 0. The van der Waals surface area contributed by atoms with Crippen molar-refractivity contribution in [2.45, 2.75) is 364 Å². The van der Waals surface area contributed by atoms with Crippen molar-refractivity contribution in [2.24, 2.45) is 0 Å². The van der Waals surface area contributed by atoms with Crippen LogP contribution in [0.5, 0.6) is 0 Å². The van der Waals surface area contributed by atoms with E-state index in [0.29, 0.717) is 12.8 Å². The van der Waals surface area contributed by atoms with E-state index in [4.69, 9.17) is 18.9 Å². The Hall–Kier alpha value is -1.53. The van der Waals surface area contributed by atoms with Gasteiger partial charge in [0, 0.05) is 6.42 Å². The molecule has 0 aromatic heterocycles. The Balaban J connectivity index is 1.64. The van der Waals surface area contributed by atoms with Gasteiger partial charge in [-0.05, 0) is 32.1 Å². The number of aliphatic hydroxyl groups excluding tert-OH is 8. The molecular formula is C65H123NO13. The summed E-state index contributed by atoms with van der Waals surface area (Å²) in [6, 6.07) is -0.927. The molecule has 0 aliphatic carbocycles. The molecule has 12 unspecified atom stereocenters. The Labute approximate surface area is 481 Å². The number of hydrogen-bond donors (Lipinski definition) is 9. The molecule has 9 N–H and O–H groups in total. The largest absolute Gasteiger partial charge is 0.394 e. The van der Waals surface area contributed by atoms with Gasteiger partial charge in [0.15, 0.2) is 12.6 Å². The van der Waals surface area contributed by atoms with Gasteiger partial charge in [-0.3, -0.25) is 4.79 Å². The smallest absolute Gasteiger partial charge is 0.220 e. The van der Waals surface area contributed by atoms with E-state index in [1.54, 1.807) is 6.08 Å². The van der Waals surface area contributed by atoms with Crippen LogP contribution in [-0.4, -0.2) is 140 Å². The van der Waals surface area contributed by atoms with Crippen molar-refractivity contribution in [3.8, 4) is 0 Å². The lowest BCUT2D eigenvalue weighted by Crippen LogP contribution is -2.65. The van der Waals surface area contributed by atoms with Gasteiger partial charge in [0.1, 0.15) is 48.8 Å². The van der Waals surface area contributed by atoms with Gasteiger partial charge in [0.25, 0.3) is 0 Å². The number of nitrogens with one attached hydrogen (secondary N) is 1. The minimum absolute atomic E-state index is 0.247. The molecule has 14 heteroatoms. The number of unbranched alkanes of at least 4 members (excludes halogenated alkanes) is 39. The first kappa shape index (κ1) is 73.6. The van der Waals surface area contributed by atoms with Crippen LogP contribution in [-0.2, 0) is 23.7 Å². The van der Waals surface area contributed by atoms with Gasteiger partial charge >= 0.3 is 0 Å². The summed E-state index contributed by atoms with van der Waals surface area (Å²) in [4.78, 5) is 13.2. The first-order valence-corrected chi connectivity index (χ1v) is 33.1. The molecular weight excluding hydrogens is 1000 g/mol. The van der Waals surface area contributed by atoms with Gasteiger partial charge in [0.05, 0.1) is 32.0 Å². The lowest BCUT2D eigenvalue weighted by atomic mass is 9.97. The van der Waals surface area contributed by atoms with Crippen molar-refractivity contribution in [3.63, 3.8) is 0 Å². The molecule has 2 saturated heterocycles. The summed E-state index contributed by atoms with van der Waals surface area (Å²) in [6.07, 6.45) is 45.5. The third-order valence-corrected chi connectivity index (χ3v) is 16.4. The minimum Gasteiger partial charge on any atom is -0.394 e. The fourth-order valence-corrected chi connectivity index (χ4v) is 11.1. The number of allylic oxidation sites excluding steroid dienone is 3. The van der Waals surface area contributed by atoms with Crippen LogP contribution < -0.4 is 5.32 Å². The van der Waals surface area contributed by atoms with E-state index in [1.807, 2.05) is 6.08 Å². The van der Waals surface area contributed by atoms with Crippen molar-refractivity contribution in [1.82, 2.24) is 5.32 Å². The third kappa shape index (κ3) is 36.0. The van der Waals surface area contributed by atoms with Crippen molar-refractivity contribution in [1.29, 1.82) is 0 Å². The summed E-state index contributed by atoms with van der Waals surface area (Å²) < 4.78 is 22.8. The van der Waals surface area contributed by atoms with E-state index in [-0.39, 0.29) is 18.9 Å². The number of carbonyl (C=O) groups is 1. The molecule has 0 aromatic carbocycles. The Morgan fingerprint density at radius 2 is 0.810 bits per heavy atom. The summed E-state index contributed by atoms with van der Waals surface area (Å²) in [5, 5.41) is 87.1. The Morgan fingerprint density at radius 1 is 0.443 bits per heavy atom. The second-order valence-electron chi connectivity index (χ2n) is 23.6. The highest BCUT2D eigenvalue weighted by Gasteiger charge is 2.51. The molecule has 0 radical (unpaired) electrons. The summed E-state index contributed by atoms with van der Waals surface area (Å²) in [5.41, 5.74) is 0. The number of rotatable bonds is 54. The first-order chi connectivity index (χ1) is 38.6. The average molecular weight is 1130 g/mol.